The molecule has 0 aliphatic rings. The first-order valence-electron chi connectivity index (χ1n) is 8.55. The summed E-state index contributed by atoms with van der Waals surface area (Å²) in [5.74, 6) is -2.75. The van der Waals surface area contributed by atoms with Crippen LogP contribution in [0.1, 0.15) is 18.9 Å². The van der Waals surface area contributed by atoms with Gasteiger partial charge >= 0.3 is 5.97 Å². The van der Waals surface area contributed by atoms with E-state index < -0.39 is 23.7 Å². The molecule has 1 N–H and O–H groups in total. The normalized spacial score (nSPS) is 11.8. The number of alkyl halides is 2. The number of anilines is 1. The van der Waals surface area contributed by atoms with E-state index in [9.17, 15) is 18.4 Å². The van der Waals surface area contributed by atoms with E-state index in [1.165, 1.54) is 31.2 Å². The molecule has 150 valence electrons. The number of aryl methyl sites for hydroxylation is 1. The van der Waals surface area contributed by atoms with E-state index in [4.69, 9.17) is 9.47 Å². The summed E-state index contributed by atoms with van der Waals surface area (Å²) >= 11 is 0.424. The van der Waals surface area contributed by atoms with Gasteiger partial charge in [0.15, 0.2) is 6.10 Å². The van der Waals surface area contributed by atoms with E-state index in [1.807, 2.05) is 24.3 Å². The summed E-state index contributed by atoms with van der Waals surface area (Å²) in [4.78, 5) is 24.5. The molecule has 5 nitrogen and oxygen atoms in total. The van der Waals surface area contributed by atoms with Crippen molar-refractivity contribution in [2.24, 2.45) is 0 Å². The summed E-state index contributed by atoms with van der Waals surface area (Å²) in [6.07, 6.45) is -0.345. The van der Waals surface area contributed by atoms with Crippen molar-refractivity contribution in [2.45, 2.75) is 36.5 Å². The van der Waals surface area contributed by atoms with Gasteiger partial charge in [-0.3, -0.25) is 9.59 Å². The zero-order valence-corrected chi connectivity index (χ0v) is 16.3. The molecule has 0 aliphatic carbocycles. The number of hydrogen-bond acceptors (Lipinski definition) is 5. The average Bonchev–Trinajstić information content (AvgIpc) is 2.67. The number of carbonyl (C=O) groups excluding carboxylic acids is 2. The molecule has 0 saturated heterocycles. The van der Waals surface area contributed by atoms with Crippen molar-refractivity contribution in [1.29, 1.82) is 0 Å². The molecular formula is C20H21F2NO4S. The number of ether oxygens (including phenoxy) is 2. The van der Waals surface area contributed by atoms with Crippen LogP contribution in [0.5, 0.6) is 5.75 Å². The number of carbonyl (C=O) groups is 2. The zero-order chi connectivity index (χ0) is 20.5. The summed E-state index contributed by atoms with van der Waals surface area (Å²) in [6.45, 7) is 1.47. The Bertz CT molecular complexity index is 782. The Balaban J connectivity index is 1.78. The lowest BCUT2D eigenvalue weighted by Gasteiger charge is -2.14. The van der Waals surface area contributed by atoms with Crippen molar-refractivity contribution in [3.63, 3.8) is 0 Å². The number of halogens is 2. The topological polar surface area (TPSA) is 64.6 Å². The van der Waals surface area contributed by atoms with Crippen LogP contribution in [0.25, 0.3) is 0 Å². The first kappa shape index (κ1) is 21.7. The van der Waals surface area contributed by atoms with E-state index in [-0.39, 0.29) is 6.42 Å². The Morgan fingerprint density at radius 3 is 2.29 bits per heavy atom. The highest BCUT2D eigenvalue weighted by Gasteiger charge is 2.18. The SMILES string of the molecule is COc1ccc(CCC(=O)O[C@@H](C)C(=O)Nc2ccc(SC(F)F)cc2)cc1. The molecule has 2 rings (SSSR count). The maximum Gasteiger partial charge on any atom is 0.306 e. The van der Waals surface area contributed by atoms with Gasteiger partial charge < -0.3 is 14.8 Å². The van der Waals surface area contributed by atoms with Crippen molar-refractivity contribution >= 4 is 29.3 Å². The fourth-order valence-corrected chi connectivity index (χ4v) is 2.81. The van der Waals surface area contributed by atoms with Gasteiger partial charge in [0, 0.05) is 17.0 Å². The molecule has 1 amide bonds. The third kappa shape index (κ3) is 7.19. The van der Waals surface area contributed by atoms with E-state index in [1.54, 1.807) is 7.11 Å². The number of thioether (sulfide) groups is 1. The molecule has 0 unspecified atom stereocenters. The Kier molecular flexibility index (Phi) is 8.25. The van der Waals surface area contributed by atoms with Crippen LogP contribution in [-0.2, 0) is 20.7 Å². The minimum atomic E-state index is -2.50. The number of benzene rings is 2. The van der Waals surface area contributed by atoms with Crippen LogP contribution in [-0.4, -0.2) is 30.8 Å². The average molecular weight is 409 g/mol. The molecule has 0 fully saturated rings. The van der Waals surface area contributed by atoms with E-state index >= 15 is 0 Å². The molecule has 2 aromatic rings. The fraction of sp³-hybridized carbons (Fsp3) is 0.300. The van der Waals surface area contributed by atoms with Crippen LogP contribution in [0.4, 0.5) is 14.5 Å². The van der Waals surface area contributed by atoms with Gasteiger partial charge in [0.05, 0.1) is 7.11 Å². The molecule has 0 spiro atoms. The Hall–Kier alpha value is -2.61. The number of methoxy groups -OCH3 is 1. The highest BCUT2D eigenvalue weighted by Crippen LogP contribution is 2.26. The number of nitrogens with one attached hydrogen (secondary N) is 1. The molecule has 1 atom stereocenters. The van der Waals surface area contributed by atoms with Gasteiger partial charge in [-0.05, 0) is 55.3 Å². The highest BCUT2D eigenvalue weighted by atomic mass is 32.2. The number of amides is 1. The minimum absolute atomic E-state index is 0.142. The minimum Gasteiger partial charge on any atom is -0.497 e. The second kappa shape index (κ2) is 10.7. The first-order valence-corrected chi connectivity index (χ1v) is 9.43. The molecule has 0 radical (unpaired) electrons. The molecule has 0 aliphatic heterocycles. The highest BCUT2D eigenvalue weighted by molar-refractivity contribution is 7.99. The maximum absolute atomic E-state index is 12.3. The van der Waals surface area contributed by atoms with Crippen LogP contribution in [0.2, 0.25) is 0 Å². The van der Waals surface area contributed by atoms with Gasteiger partial charge in [0.25, 0.3) is 11.7 Å². The lowest BCUT2D eigenvalue weighted by Crippen LogP contribution is -2.30. The fourth-order valence-electron chi connectivity index (χ4n) is 2.31. The maximum atomic E-state index is 12.3. The van der Waals surface area contributed by atoms with Crippen molar-refractivity contribution in [2.75, 3.05) is 12.4 Å². The summed E-state index contributed by atoms with van der Waals surface area (Å²) in [5, 5.41) is 2.59. The lowest BCUT2D eigenvalue weighted by molar-refractivity contribution is -0.153. The largest absolute Gasteiger partial charge is 0.497 e. The molecule has 28 heavy (non-hydrogen) atoms. The third-order valence-corrected chi connectivity index (χ3v) is 4.52. The predicted octanol–water partition coefficient (Wildman–Crippen LogP) is 4.51. The number of rotatable bonds is 9. The van der Waals surface area contributed by atoms with Crippen LogP contribution in [0.3, 0.4) is 0 Å². The van der Waals surface area contributed by atoms with Gasteiger partial charge in [-0.25, -0.2) is 0 Å². The predicted molar refractivity (Wildman–Crippen MR) is 104 cm³/mol. The summed E-state index contributed by atoms with van der Waals surface area (Å²) in [5.41, 5.74) is 1.39. The van der Waals surface area contributed by atoms with E-state index in [0.29, 0.717) is 28.8 Å². The molecule has 0 heterocycles. The second-order valence-corrected chi connectivity index (χ2v) is 6.94. The Morgan fingerprint density at radius 1 is 1.07 bits per heavy atom. The van der Waals surface area contributed by atoms with Crippen molar-refractivity contribution in [3.05, 3.63) is 54.1 Å². The van der Waals surface area contributed by atoms with Crippen LogP contribution >= 0.6 is 11.8 Å². The van der Waals surface area contributed by atoms with Gasteiger partial charge in [0.1, 0.15) is 5.75 Å². The number of hydrogen-bond donors (Lipinski definition) is 1. The van der Waals surface area contributed by atoms with Crippen molar-refractivity contribution in [1.82, 2.24) is 0 Å². The Morgan fingerprint density at radius 2 is 1.71 bits per heavy atom. The molecule has 0 aromatic heterocycles. The quantitative estimate of drug-likeness (QED) is 0.488. The molecule has 0 bridgehead atoms. The molecule has 0 saturated carbocycles. The van der Waals surface area contributed by atoms with Crippen LogP contribution in [0.15, 0.2) is 53.4 Å². The molecular weight excluding hydrogens is 388 g/mol. The third-order valence-electron chi connectivity index (χ3n) is 3.80. The first-order chi connectivity index (χ1) is 13.4. The van der Waals surface area contributed by atoms with Gasteiger partial charge in [-0.1, -0.05) is 23.9 Å². The van der Waals surface area contributed by atoms with E-state index in [0.717, 1.165) is 11.3 Å². The second-order valence-electron chi connectivity index (χ2n) is 5.87. The summed E-state index contributed by atoms with van der Waals surface area (Å²) in [6, 6.07) is 13.3. The van der Waals surface area contributed by atoms with Crippen molar-refractivity contribution < 1.29 is 27.8 Å². The number of esters is 1. The summed E-state index contributed by atoms with van der Waals surface area (Å²) in [7, 11) is 1.58. The standard InChI is InChI=1S/C20H21F2NO4S/c1-13(19(25)23-15-6-10-17(11-7-15)28-20(21)22)27-18(24)12-5-14-3-8-16(26-2)9-4-14/h3-4,6-11,13,20H,5,12H2,1-2H3,(H,23,25)/t13-/m0/s1. The zero-order valence-electron chi connectivity index (χ0n) is 15.5. The van der Waals surface area contributed by atoms with Gasteiger partial charge in [0.2, 0.25) is 0 Å². The molecule has 2 aromatic carbocycles. The van der Waals surface area contributed by atoms with Crippen molar-refractivity contribution in [3.8, 4) is 5.75 Å². The van der Waals surface area contributed by atoms with Crippen LogP contribution < -0.4 is 10.1 Å². The Labute approximate surface area is 166 Å². The molecule has 8 heteroatoms. The lowest BCUT2D eigenvalue weighted by atomic mass is 10.1. The monoisotopic (exact) mass is 409 g/mol. The summed E-state index contributed by atoms with van der Waals surface area (Å²) < 4.78 is 34.8. The van der Waals surface area contributed by atoms with Crippen LogP contribution in [0, 0.1) is 0 Å². The van der Waals surface area contributed by atoms with E-state index in [2.05, 4.69) is 5.32 Å². The smallest absolute Gasteiger partial charge is 0.306 e. The van der Waals surface area contributed by atoms with Gasteiger partial charge in [-0.2, -0.15) is 8.78 Å². The van der Waals surface area contributed by atoms with Gasteiger partial charge in [-0.15, -0.1) is 0 Å².